The number of alkyl halides is 3. The number of nitrogens with zero attached hydrogens (tertiary/aromatic N) is 2. The highest BCUT2D eigenvalue weighted by Gasteiger charge is 2.35. The molecule has 3 rings (SSSR count). The lowest BCUT2D eigenvalue weighted by atomic mass is 10.1. The Hall–Kier alpha value is -3.16. The molecule has 0 aliphatic heterocycles. The van der Waals surface area contributed by atoms with E-state index in [1.165, 1.54) is 10.7 Å². The van der Waals surface area contributed by atoms with Crippen LogP contribution in [0.4, 0.5) is 23.4 Å². The first kappa shape index (κ1) is 16.7. The first-order valence-corrected chi connectivity index (χ1v) is 7.14. The number of carbonyl (C=O) groups excluding carboxylic acids is 1. The van der Waals surface area contributed by atoms with Gasteiger partial charge in [-0.15, -0.1) is 0 Å². The third kappa shape index (κ3) is 3.68. The second-order valence-corrected chi connectivity index (χ2v) is 5.12. The number of amides is 1. The van der Waals surface area contributed by atoms with Gasteiger partial charge in [-0.2, -0.15) is 18.3 Å². The van der Waals surface area contributed by atoms with Gasteiger partial charge in [0.25, 0.3) is 5.91 Å². The number of nitrogens with one attached hydrogen (secondary N) is 1. The van der Waals surface area contributed by atoms with E-state index in [0.29, 0.717) is 0 Å². The Bertz CT molecular complexity index is 904. The maximum atomic E-state index is 13.1. The summed E-state index contributed by atoms with van der Waals surface area (Å²) in [5, 5.41) is 6.37. The minimum Gasteiger partial charge on any atom is -0.305 e. The minimum absolute atomic E-state index is 0.0753. The normalized spacial score (nSPS) is 11.4. The van der Waals surface area contributed by atoms with E-state index < -0.39 is 29.0 Å². The third-order valence-electron chi connectivity index (χ3n) is 3.38. The zero-order valence-corrected chi connectivity index (χ0v) is 12.6. The molecule has 8 heteroatoms. The standard InChI is InChI=1S/C17H11F4N3O/c18-11-6-7-13(14(10-11)17(19,20)21)16(25)22-15-8-9-24(23-15)12-4-2-1-3-5-12/h1-10H,(H,22,23,25). The summed E-state index contributed by atoms with van der Waals surface area (Å²) in [6, 6.07) is 12.3. The highest BCUT2D eigenvalue weighted by atomic mass is 19.4. The van der Waals surface area contributed by atoms with Gasteiger partial charge in [0.1, 0.15) is 5.82 Å². The lowest BCUT2D eigenvalue weighted by Crippen LogP contribution is -2.19. The third-order valence-corrected chi connectivity index (χ3v) is 3.38. The molecule has 0 atom stereocenters. The van der Waals surface area contributed by atoms with Gasteiger partial charge in [0, 0.05) is 12.3 Å². The van der Waals surface area contributed by atoms with E-state index in [0.717, 1.165) is 17.8 Å². The van der Waals surface area contributed by atoms with Crippen molar-refractivity contribution < 1.29 is 22.4 Å². The Kier molecular flexibility index (Phi) is 4.26. The second-order valence-electron chi connectivity index (χ2n) is 5.12. The molecule has 0 spiro atoms. The number of carbonyl (C=O) groups is 1. The van der Waals surface area contributed by atoms with E-state index in [1.807, 2.05) is 6.07 Å². The first-order valence-electron chi connectivity index (χ1n) is 7.14. The van der Waals surface area contributed by atoms with E-state index in [2.05, 4.69) is 10.4 Å². The van der Waals surface area contributed by atoms with Gasteiger partial charge in [-0.3, -0.25) is 4.79 Å². The van der Waals surface area contributed by atoms with Crippen molar-refractivity contribution in [2.75, 3.05) is 5.32 Å². The van der Waals surface area contributed by atoms with E-state index in [-0.39, 0.29) is 11.9 Å². The van der Waals surface area contributed by atoms with Gasteiger partial charge in [-0.1, -0.05) is 18.2 Å². The van der Waals surface area contributed by atoms with E-state index in [4.69, 9.17) is 0 Å². The quantitative estimate of drug-likeness (QED) is 0.718. The van der Waals surface area contributed by atoms with Gasteiger partial charge in [0.15, 0.2) is 5.82 Å². The average Bonchev–Trinajstić information content (AvgIpc) is 3.03. The van der Waals surface area contributed by atoms with Crippen LogP contribution in [0.2, 0.25) is 0 Å². The molecule has 0 bridgehead atoms. The zero-order valence-electron chi connectivity index (χ0n) is 12.6. The molecule has 1 aromatic heterocycles. The molecule has 0 saturated carbocycles. The fraction of sp³-hybridized carbons (Fsp3) is 0.0588. The van der Waals surface area contributed by atoms with Gasteiger partial charge in [-0.25, -0.2) is 9.07 Å². The molecule has 0 saturated heterocycles. The lowest BCUT2D eigenvalue weighted by Gasteiger charge is -2.12. The molecule has 4 nitrogen and oxygen atoms in total. The van der Waals surface area contributed by atoms with Crippen LogP contribution in [-0.2, 0) is 6.18 Å². The molecule has 1 N–H and O–H groups in total. The SMILES string of the molecule is O=C(Nc1ccn(-c2ccccc2)n1)c1ccc(F)cc1C(F)(F)F. The number of para-hydroxylation sites is 1. The van der Waals surface area contributed by atoms with Gasteiger partial charge in [-0.05, 0) is 30.3 Å². The molecule has 0 aliphatic carbocycles. The summed E-state index contributed by atoms with van der Waals surface area (Å²) in [5.74, 6) is -2.02. The summed E-state index contributed by atoms with van der Waals surface area (Å²) in [4.78, 5) is 12.2. The molecule has 0 aliphatic rings. The van der Waals surface area contributed by atoms with Crippen LogP contribution in [-0.4, -0.2) is 15.7 Å². The highest BCUT2D eigenvalue weighted by molar-refractivity contribution is 6.04. The van der Waals surface area contributed by atoms with Gasteiger partial charge in [0.05, 0.1) is 16.8 Å². The number of hydrogen-bond acceptors (Lipinski definition) is 2. The molecular weight excluding hydrogens is 338 g/mol. The van der Waals surface area contributed by atoms with Crippen molar-refractivity contribution in [3.8, 4) is 5.69 Å². The Balaban J connectivity index is 1.86. The molecule has 3 aromatic rings. The summed E-state index contributed by atoms with van der Waals surface area (Å²) < 4.78 is 53.5. The molecule has 128 valence electrons. The summed E-state index contributed by atoms with van der Waals surface area (Å²) in [6.45, 7) is 0. The minimum atomic E-state index is -4.85. The Morgan fingerprint density at radius 3 is 2.44 bits per heavy atom. The van der Waals surface area contributed by atoms with Crippen molar-refractivity contribution in [3.63, 3.8) is 0 Å². The van der Waals surface area contributed by atoms with Crippen LogP contribution in [0, 0.1) is 5.82 Å². The van der Waals surface area contributed by atoms with Crippen LogP contribution in [0.5, 0.6) is 0 Å². The van der Waals surface area contributed by atoms with E-state index in [9.17, 15) is 22.4 Å². The largest absolute Gasteiger partial charge is 0.417 e. The number of hydrogen-bond donors (Lipinski definition) is 1. The molecule has 1 heterocycles. The second kappa shape index (κ2) is 6.39. The predicted molar refractivity (Wildman–Crippen MR) is 82.9 cm³/mol. The van der Waals surface area contributed by atoms with E-state index in [1.54, 1.807) is 30.5 Å². The number of benzene rings is 2. The monoisotopic (exact) mass is 349 g/mol. The van der Waals surface area contributed by atoms with Crippen LogP contribution in [0.1, 0.15) is 15.9 Å². The van der Waals surface area contributed by atoms with Crippen LogP contribution in [0.25, 0.3) is 5.69 Å². The molecule has 1 amide bonds. The Morgan fingerprint density at radius 2 is 1.76 bits per heavy atom. The molecule has 0 radical (unpaired) electrons. The fourth-order valence-corrected chi connectivity index (χ4v) is 2.25. The molecular formula is C17H11F4N3O. The Morgan fingerprint density at radius 1 is 1.04 bits per heavy atom. The fourth-order valence-electron chi connectivity index (χ4n) is 2.25. The molecule has 25 heavy (non-hydrogen) atoms. The number of anilines is 1. The maximum Gasteiger partial charge on any atom is 0.417 e. The van der Waals surface area contributed by atoms with Crippen molar-refractivity contribution >= 4 is 11.7 Å². The number of aromatic nitrogens is 2. The molecule has 0 unspecified atom stereocenters. The summed E-state index contributed by atoms with van der Waals surface area (Å²) in [5.41, 5.74) is -1.29. The molecule has 0 fully saturated rings. The lowest BCUT2D eigenvalue weighted by molar-refractivity contribution is -0.138. The zero-order chi connectivity index (χ0) is 18.0. The van der Waals surface area contributed by atoms with Gasteiger partial charge in [0.2, 0.25) is 0 Å². The molecule has 2 aromatic carbocycles. The summed E-state index contributed by atoms with van der Waals surface area (Å²) >= 11 is 0. The summed E-state index contributed by atoms with van der Waals surface area (Å²) in [7, 11) is 0. The van der Waals surface area contributed by atoms with E-state index >= 15 is 0 Å². The van der Waals surface area contributed by atoms with Crippen molar-refractivity contribution in [2.45, 2.75) is 6.18 Å². The van der Waals surface area contributed by atoms with Crippen molar-refractivity contribution in [1.82, 2.24) is 9.78 Å². The van der Waals surface area contributed by atoms with Gasteiger partial charge >= 0.3 is 6.18 Å². The predicted octanol–water partition coefficient (Wildman–Crippen LogP) is 4.28. The van der Waals surface area contributed by atoms with Crippen LogP contribution in [0.15, 0.2) is 60.8 Å². The van der Waals surface area contributed by atoms with Crippen molar-refractivity contribution in [2.24, 2.45) is 0 Å². The topological polar surface area (TPSA) is 46.9 Å². The summed E-state index contributed by atoms with van der Waals surface area (Å²) in [6.07, 6.45) is -3.29. The number of halogens is 4. The highest BCUT2D eigenvalue weighted by Crippen LogP contribution is 2.32. The maximum absolute atomic E-state index is 13.1. The smallest absolute Gasteiger partial charge is 0.305 e. The van der Waals surface area contributed by atoms with Crippen molar-refractivity contribution in [3.05, 3.63) is 77.7 Å². The first-order chi connectivity index (χ1) is 11.8. The number of rotatable bonds is 3. The Labute approximate surface area is 139 Å². The van der Waals surface area contributed by atoms with Crippen LogP contribution >= 0.6 is 0 Å². The van der Waals surface area contributed by atoms with Gasteiger partial charge < -0.3 is 5.32 Å². The van der Waals surface area contributed by atoms with Crippen LogP contribution < -0.4 is 5.32 Å². The van der Waals surface area contributed by atoms with Crippen LogP contribution in [0.3, 0.4) is 0 Å². The average molecular weight is 349 g/mol. The van der Waals surface area contributed by atoms with Crippen molar-refractivity contribution in [1.29, 1.82) is 0 Å².